The van der Waals surface area contributed by atoms with Gasteiger partial charge in [0.05, 0.1) is 6.04 Å². The molecule has 5 nitrogen and oxygen atoms in total. The lowest BCUT2D eigenvalue weighted by molar-refractivity contribution is -0.0373. The molecule has 2 heterocycles. The third-order valence-electron chi connectivity index (χ3n) is 4.41. The highest BCUT2D eigenvalue weighted by atomic mass is 32.1. The van der Waals surface area contributed by atoms with Crippen molar-refractivity contribution >= 4 is 22.5 Å². The molecule has 6 heteroatoms. The number of hydrogen-bond donors (Lipinski definition) is 1. The van der Waals surface area contributed by atoms with Crippen LogP contribution in [0.2, 0.25) is 0 Å². The zero-order chi connectivity index (χ0) is 14.5. The van der Waals surface area contributed by atoms with E-state index in [4.69, 9.17) is 0 Å². The van der Waals surface area contributed by atoms with Gasteiger partial charge in [-0.3, -0.25) is 10.3 Å². The Hall–Kier alpha value is -1.14. The van der Waals surface area contributed by atoms with Gasteiger partial charge in [-0.25, -0.2) is 14.8 Å². The summed E-state index contributed by atoms with van der Waals surface area (Å²) in [6, 6.07) is 0.357. The highest BCUT2D eigenvalue weighted by molar-refractivity contribution is 7.13. The summed E-state index contributed by atoms with van der Waals surface area (Å²) in [6.07, 6.45) is 11.4. The highest BCUT2D eigenvalue weighted by Gasteiger charge is 2.31. The van der Waals surface area contributed by atoms with Crippen LogP contribution in [0, 0.1) is 0 Å². The molecule has 0 radical (unpaired) electrons. The lowest BCUT2D eigenvalue weighted by Crippen LogP contribution is -2.55. The summed E-state index contributed by atoms with van der Waals surface area (Å²) in [5.74, 6) is 0. The number of urea groups is 1. The number of nitrogens with zero attached hydrogens (tertiary/aromatic N) is 3. The standard InChI is InChI=1S/C15H24N4OS/c20-15(17-14-16-9-12-21-14)19(13-7-3-1-4-8-13)18-10-5-2-6-11-18/h9,12-13H,1-8,10-11H2,(H,16,17,20). The molecule has 0 bridgehead atoms. The maximum Gasteiger partial charge on any atom is 0.338 e. The van der Waals surface area contributed by atoms with E-state index in [1.807, 2.05) is 10.4 Å². The van der Waals surface area contributed by atoms with Crippen molar-refractivity contribution in [3.05, 3.63) is 11.6 Å². The number of aromatic nitrogens is 1. The van der Waals surface area contributed by atoms with E-state index in [9.17, 15) is 4.79 Å². The third-order valence-corrected chi connectivity index (χ3v) is 5.10. The highest BCUT2D eigenvalue weighted by Crippen LogP contribution is 2.26. The quantitative estimate of drug-likeness (QED) is 0.926. The molecule has 21 heavy (non-hydrogen) atoms. The van der Waals surface area contributed by atoms with Gasteiger partial charge in [0, 0.05) is 24.7 Å². The number of anilines is 1. The van der Waals surface area contributed by atoms with Gasteiger partial charge >= 0.3 is 6.03 Å². The minimum Gasteiger partial charge on any atom is -0.282 e. The van der Waals surface area contributed by atoms with E-state index in [-0.39, 0.29) is 6.03 Å². The smallest absolute Gasteiger partial charge is 0.282 e. The van der Waals surface area contributed by atoms with Crippen LogP contribution in [0.3, 0.4) is 0 Å². The van der Waals surface area contributed by atoms with Crippen molar-refractivity contribution < 1.29 is 4.79 Å². The summed E-state index contributed by atoms with van der Waals surface area (Å²) < 4.78 is 0. The van der Waals surface area contributed by atoms with E-state index >= 15 is 0 Å². The van der Waals surface area contributed by atoms with E-state index in [2.05, 4.69) is 15.3 Å². The minimum absolute atomic E-state index is 0.00116. The summed E-state index contributed by atoms with van der Waals surface area (Å²) in [5.41, 5.74) is 0. The number of piperidine rings is 1. The van der Waals surface area contributed by atoms with Gasteiger partial charge in [-0.15, -0.1) is 11.3 Å². The molecule has 0 spiro atoms. The van der Waals surface area contributed by atoms with Crippen LogP contribution in [0.25, 0.3) is 0 Å². The van der Waals surface area contributed by atoms with Crippen molar-refractivity contribution in [1.29, 1.82) is 0 Å². The van der Waals surface area contributed by atoms with Crippen LogP contribution >= 0.6 is 11.3 Å². The molecule has 2 amide bonds. The SMILES string of the molecule is O=C(Nc1nccs1)N(C1CCCCC1)N1CCCCC1. The van der Waals surface area contributed by atoms with Crippen LogP contribution in [-0.4, -0.2) is 40.2 Å². The lowest BCUT2D eigenvalue weighted by atomic mass is 9.95. The number of nitrogens with one attached hydrogen (secondary N) is 1. The predicted molar refractivity (Wildman–Crippen MR) is 85.3 cm³/mol. The van der Waals surface area contributed by atoms with Crippen LogP contribution in [0.5, 0.6) is 0 Å². The monoisotopic (exact) mass is 308 g/mol. The van der Waals surface area contributed by atoms with Gasteiger partial charge in [0.15, 0.2) is 5.13 Å². The first kappa shape index (κ1) is 14.8. The second-order valence-electron chi connectivity index (χ2n) is 5.92. The van der Waals surface area contributed by atoms with Gasteiger partial charge in [0.1, 0.15) is 0 Å². The van der Waals surface area contributed by atoms with Gasteiger partial charge in [-0.1, -0.05) is 25.7 Å². The van der Waals surface area contributed by atoms with E-state index in [0.717, 1.165) is 25.9 Å². The van der Waals surface area contributed by atoms with Crippen molar-refractivity contribution in [3.63, 3.8) is 0 Å². The predicted octanol–water partition coefficient (Wildman–Crippen LogP) is 3.71. The molecule has 1 saturated carbocycles. The number of thiazole rings is 1. The minimum atomic E-state index is -0.00116. The lowest BCUT2D eigenvalue weighted by Gasteiger charge is -2.43. The van der Waals surface area contributed by atoms with Crippen molar-refractivity contribution in [3.8, 4) is 0 Å². The number of hydrogen-bond acceptors (Lipinski definition) is 4. The summed E-state index contributed by atoms with van der Waals surface area (Å²) in [4.78, 5) is 16.9. The molecule has 1 saturated heterocycles. The molecule has 0 atom stereocenters. The Kier molecular flexibility index (Phi) is 5.08. The number of carbonyl (C=O) groups excluding carboxylic acids is 1. The van der Waals surface area contributed by atoms with Gasteiger partial charge in [-0.2, -0.15) is 0 Å². The largest absolute Gasteiger partial charge is 0.338 e. The van der Waals surface area contributed by atoms with Crippen molar-refractivity contribution in [2.45, 2.75) is 57.4 Å². The van der Waals surface area contributed by atoms with E-state index in [1.54, 1.807) is 6.20 Å². The van der Waals surface area contributed by atoms with Crippen molar-refractivity contribution in [2.75, 3.05) is 18.4 Å². The summed E-state index contributed by atoms with van der Waals surface area (Å²) in [7, 11) is 0. The second kappa shape index (κ2) is 7.22. The Morgan fingerprint density at radius 3 is 2.57 bits per heavy atom. The van der Waals surface area contributed by atoms with E-state index < -0.39 is 0 Å². The molecule has 1 aliphatic carbocycles. The van der Waals surface area contributed by atoms with Crippen LogP contribution in [0.4, 0.5) is 9.93 Å². The fourth-order valence-electron chi connectivity index (χ4n) is 3.38. The molecule has 116 valence electrons. The Morgan fingerprint density at radius 2 is 1.90 bits per heavy atom. The van der Waals surface area contributed by atoms with E-state index in [1.165, 1.54) is 49.9 Å². The molecule has 3 rings (SSSR count). The zero-order valence-electron chi connectivity index (χ0n) is 12.5. The summed E-state index contributed by atoms with van der Waals surface area (Å²) in [6.45, 7) is 2.00. The van der Waals surface area contributed by atoms with Gasteiger partial charge < -0.3 is 0 Å². The molecule has 1 aromatic heterocycles. The maximum atomic E-state index is 12.7. The van der Waals surface area contributed by atoms with Crippen LogP contribution in [0.1, 0.15) is 51.4 Å². The maximum absolute atomic E-state index is 12.7. The van der Waals surface area contributed by atoms with Crippen molar-refractivity contribution in [2.24, 2.45) is 0 Å². The van der Waals surface area contributed by atoms with Gasteiger partial charge in [0.25, 0.3) is 0 Å². The number of rotatable bonds is 3. The topological polar surface area (TPSA) is 48.5 Å². The number of amides is 2. The molecule has 1 aromatic rings. The molecule has 1 aliphatic heterocycles. The molecular formula is C15H24N4OS. The summed E-state index contributed by atoms with van der Waals surface area (Å²) >= 11 is 1.47. The van der Waals surface area contributed by atoms with Crippen LogP contribution in [-0.2, 0) is 0 Å². The Labute approximate surface area is 130 Å². The van der Waals surface area contributed by atoms with Crippen LogP contribution < -0.4 is 5.32 Å². The van der Waals surface area contributed by atoms with Gasteiger partial charge in [0.2, 0.25) is 0 Å². The van der Waals surface area contributed by atoms with Gasteiger partial charge in [-0.05, 0) is 25.7 Å². The average Bonchev–Trinajstić information content (AvgIpc) is 3.02. The molecule has 2 aliphatic rings. The second-order valence-corrected chi connectivity index (χ2v) is 6.81. The first-order valence-corrected chi connectivity index (χ1v) is 8.97. The number of hydrazine groups is 1. The van der Waals surface area contributed by atoms with Crippen molar-refractivity contribution in [1.82, 2.24) is 15.0 Å². The fraction of sp³-hybridized carbons (Fsp3) is 0.733. The fourth-order valence-corrected chi connectivity index (χ4v) is 3.90. The average molecular weight is 308 g/mol. The van der Waals surface area contributed by atoms with E-state index in [0.29, 0.717) is 11.2 Å². The first-order valence-electron chi connectivity index (χ1n) is 8.09. The summed E-state index contributed by atoms with van der Waals surface area (Å²) in [5, 5.41) is 9.83. The van der Waals surface area contributed by atoms with Crippen LogP contribution in [0.15, 0.2) is 11.6 Å². The Balaban J connectivity index is 1.71. The molecule has 0 aromatic carbocycles. The number of carbonyl (C=O) groups is 1. The third kappa shape index (κ3) is 3.74. The zero-order valence-corrected chi connectivity index (χ0v) is 13.3. The Bertz CT molecular complexity index is 421. The molecule has 0 unspecified atom stereocenters. The first-order chi connectivity index (χ1) is 10.3. The molecular weight excluding hydrogens is 284 g/mol. The Morgan fingerprint density at radius 1 is 1.19 bits per heavy atom. The molecule has 1 N–H and O–H groups in total. The normalized spacial score (nSPS) is 21.1. The molecule has 2 fully saturated rings.